The molecular formula is C10H14BrN3O. The van der Waals surface area contributed by atoms with E-state index in [1.54, 1.807) is 10.9 Å². The van der Waals surface area contributed by atoms with Crippen LogP contribution in [-0.4, -0.2) is 33.7 Å². The molecule has 5 heteroatoms. The molecule has 1 aromatic heterocycles. The van der Waals surface area contributed by atoms with Gasteiger partial charge in [0.1, 0.15) is 0 Å². The van der Waals surface area contributed by atoms with Gasteiger partial charge in [-0.15, -0.1) is 0 Å². The summed E-state index contributed by atoms with van der Waals surface area (Å²) < 4.78 is 2.43. The van der Waals surface area contributed by atoms with Gasteiger partial charge in [0.2, 0.25) is 0 Å². The van der Waals surface area contributed by atoms with Gasteiger partial charge in [0.15, 0.2) is 5.69 Å². The number of aromatic nitrogens is 2. The van der Waals surface area contributed by atoms with E-state index in [-0.39, 0.29) is 5.91 Å². The molecule has 2 rings (SSSR count). The molecule has 0 saturated carbocycles. The smallest absolute Gasteiger partial charge is 0.275 e. The third-order valence-corrected chi connectivity index (χ3v) is 3.21. The minimum Gasteiger partial charge on any atom is -0.337 e. The van der Waals surface area contributed by atoms with Crippen molar-refractivity contribution in [1.82, 2.24) is 14.7 Å². The predicted molar refractivity (Wildman–Crippen MR) is 60.7 cm³/mol. The molecule has 4 nitrogen and oxygen atoms in total. The van der Waals surface area contributed by atoms with Crippen molar-refractivity contribution >= 4 is 21.8 Å². The summed E-state index contributed by atoms with van der Waals surface area (Å²) in [4.78, 5) is 13.9. The van der Waals surface area contributed by atoms with Gasteiger partial charge in [0.25, 0.3) is 5.91 Å². The quantitative estimate of drug-likeness (QED) is 0.782. The first-order chi connectivity index (χ1) is 7.18. The van der Waals surface area contributed by atoms with Crippen molar-refractivity contribution in [3.8, 4) is 0 Å². The predicted octanol–water partition coefficient (Wildman–Crippen LogP) is 1.81. The summed E-state index contributed by atoms with van der Waals surface area (Å²) in [5, 5.41) is 4.16. The number of rotatable bonds is 1. The van der Waals surface area contributed by atoms with Gasteiger partial charge in [-0.05, 0) is 35.2 Å². The van der Waals surface area contributed by atoms with Gasteiger partial charge in [-0.3, -0.25) is 9.48 Å². The topological polar surface area (TPSA) is 38.1 Å². The number of hydrogen-bond donors (Lipinski definition) is 0. The summed E-state index contributed by atoms with van der Waals surface area (Å²) in [6.45, 7) is 1.73. The second-order valence-corrected chi connectivity index (χ2v) is 4.71. The third-order valence-electron chi connectivity index (χ3n) is 2.63. The summed E-state index contributed by atoms with van der Waals surface area (Å²) >= 11 is 3.35. The van der Waals surface area contributed by atoms with Gasteiger partial charge in [-0.25, -0.2) is 0 Å². The van der Waals surface area contributed by atoms with Gasteiger partial charge in [-0.1, -0.05) is 0 Å². The van der Waals surface area contributed by atoms with Crippen LogP contribution in [0.5, 0.6) is 0 Å². The van der Waals surface area contributed by atoms with E-state index in [0.29, 0.717) is 5.69 Å². The lowest BCUT2D eigenvalue weighted by atomic mass is 10.1. The van der Waals surface area contributed by atoms with Crippen LogP contribution in [0.15, 0.2) is 10.7 Å². The zero-order valence-corrected chi connectivity index (χ0v) is 10.3. The van der Waals surface area contributed by atoms with Crippen molar-refractivity contribution in [2.45, 2.75) is 19.3 Å². The lowest BCUT2D eigenvalue weighted by molar-refractivity contribution is 0.0716. The molecule has 0 aliphatic carbocycles. The van der Waals surface area contributed by atoms with Crippen LogP contribution in [0.4, 0.5) is 0 Å². The van der Waals surface area contributed by atoms with E-state index in [1.165, 1.54) is 6.42 Å². The lowest BCUT2D eigenvalue weighted by Crippen LogP contribution is -2.36. The van der Waals surface area contributed by atoms with E-state index in [2.05, 4.69) is 21.0 Å². The van der Waals surface area contributed by atoms with Gasteiger partial charge >= 0.3 is 0 Å². The largest absolute Gasteiger partial charge is 0.337 e. The molecule has 1 fully saturated rings. The Hall–Kier alpha value is -0.840. The average Bonchev–Trinajstić information content (AvgIpc) is 2.58. The molecule has 0 aromatic carbocycles. The first-order valence-corrected chi connectivity index (χ1v) is 5.96. The summed E-state index contributed by atoms with van der Waals surface area (Å²) in [6.07, 6.45) is 5.25. The van der Waals surface area contributed by atoms with Crippen LogP contribution < -0.4 is 0 Å². The zero-order chi connectivity index (χ0) is 10.8. The minimum absolute atomic E-state index is 0.0437. The SMILES string of the molecule is Cn1cc(Br)c(C(=O)N2CCCCC2)n1. The summed E-state index contributed by atoms with van der Waals surface area (Å²) in [5.74, 6) is 0.0437. The highest BCUT2D eigenvalue weighted by Crippen LogP contribution is 2.18. The molecule has 15 heavy (non-hydrogen) atoms. The fourth-order valence-electron chi connectivity index (χ4n) is 1.85. The summed E-state index contributed by atoms with van der Waals surface area (Å²) in [5.41, 5.74) is 0.527. The molecule has 1 aliphatic rings. The summed E-state index contributed by atoms with van der Waals surface area (Å²) in [6, 6.07) is 0. The van der Waals surface area contributed by atoms with Crippen molar-refractivity contribution in [2.24, 2.45) is 7.05 Å². The van der Waals surface area contributed by atoms with Gasteiger partial charge in [-0.2, -0.15) is 5.10 Å². The minimum atomic E-state index is 0.0437. The second-order valence-electron chi connectivity index (χ2n) is 3.85. The molecule has 0 unspecified atom stereocenters. The molecule has 0 spiro atoms. The molecule has 1 amide bonds. The monoisotopic (exact) mass is 271 g/mol. The van der Waals surface area contributed by atoms with Crippen molar-refractivity contribution in [3.63, 3.8) is 0 Å². The maximum atomic E-state index is 12.1. The number of hydrogen-bond acceptors (Lipinski definition) is 2. The van der Waals surface area contributed by atoms with E-state index in [0.717, 1.165) is 30.4 Å². The Morgan fingerprint density at radius 2 is 2.07 bits per heavy atom. The molecule has 1 saturated heterocycles. The highest BCUT2D eigenvalue weighted by Gasteiger charge is 2.22. The van der Waals surface area contributed by atoms with Crippen molar-refractivity contribution in [3.05, 3.63) is 16.4 Å². The Morgan fingerprint density at radius 3 is 2.60 bits per heavy atom. The molecule has 1 aliphatic heterocycles. The Kier molecular flexibility index (Phi) is 3.09. The number of aryl methyl sites for hydroxylation is 1. The zero-order valence-electron chi connectivity index (χ0n) is 8.74. The fourth-order valence-corrected chi connectivity index (χ4v) is 2.40. The number of carbonyl (C=O) groups excluding carboxylic acids is 1. The molecule has 0 N–H and O–H groups in total. The molecular weight excluding hydrogens is 258 g/mol. The van der Waals surface area contributed by atoms with Crippen LogP contribution >= 0.6 is 15.9 Å². The highest BCUT2D eigenvalue weighted by molar-refractivity contribution is 9.10. The Labute approximate surface area is 97.4 Å². The van der Waals surface area contributed by atoms with E-state index in [4.69, 9.17) is 0 Å². The molecule has 0 atom stereocenters. The Balaban J connectivity index is 2.16. The molecule has 82 valence electrons. The van der Waals surface area contributed by atoms with E-state index in [1.807, 2.05) is 11.9 Å². The van der Waals surface area contributed by atoms with Crippen LogP contribution in [0, 0.1) is 0 Å². The molecule has 0 radical (unpaired) electrons. The van der Waals surface area contributed by atoms with Crippen LogP contribution in [0.2, 0.25) is 0 Å². The molecule has 2 heterocycles. The highest BCUT2D eigenvalue weighted by atomic mass is 79.9. The lowest BCUT2D eigenvalue weighted by Gasteiger charge is -2.25. The van der Waals surface area contributed by atoms with Gasteiger partial charge in [0, 0.05) is 26.3 Å². The van der Waals surface area contributed by atoms with Crippen molar-refractivity contribution < 1.29 is 4.79 Å². The Morgan fingerprint density at radius 1 is 1.40 bits per heavy atom. The van der Waals surface area contributed by atoms with Crippen LogP contribution in [0.3, 0.4) is 0 Å². The number of carbonyl (C=O) groups is 1. The number of halogens is 1. The van der Waals surface area contributed by atoms with Gasteiger partial charge < -0.3 is 4.90 Å². The van der Waals surface area contributed by atoms with Crippen molar-refractivity contribution in [1.29, 1.82) is 0 Å². The van der Waals surface area contributed by atoms with E-state index >= 15 is 0 Å². The van der Waals surface area contributed by atoms with E-state index in [9.17, 15) is 4.79 Å². The summed E-state index contributed by atoms with van der Waals surface area (Å²) in [7, 11) is 1.82. The molecule has 0 bridgehead atoms. The van der Waals surface area contributed by atoms with Crippen LogP contribution in [0.25, 0.3) is 0 Å². The van der Waals surface area contributed by atoms with Crippen molar-refractivity contribution in [2.75, 3.05) is 13.1 Å². The first kappa shape index (κ1) is 10.7. The van der Waals surface area contributed by atoms with E-state index < -0.39 is 0 Å². The third kappa shape index (κ3) is 2.22. The Bertz CT molecular complexity index is 369. The average molecular weight is 272 g/mol. The normalized spacial score (nSPS) is 16.8. The number of nitrogens with zero attached hydrogens (tertiary/aromatic N) is 3. The maximum Gasteiger partial charge on any atom is 0.275 e. The number of likely N-dealkylation sites (tertiary alicyclic amines) is 1. The number of piperidine rings is 1. The van der Waals surface area contributed by atoms with Crippen LogP contribution in [0.1, 0.15) is 29.8 Å². The van der Waals surface area contributed by atoms with Crippen LogP contribution in [-0.2, 0) is 7.05 Å². The second kappa shape index (κ2) is 4.35. The maximum absolute atomic E-state index is 12.1. The fraction of sp³-hybridized carbons (Fsp3) is 0.600. The van der Waals surface area contributed by atoms with Gasteiger partial charge in [0.05, 0.1) is 4.47 Å². The first-order valence-electron chi connectivity index (χ1n) is 5.17. The molecule has 1 aromatic rings. The standard InChI is InChI=1S/C10H14BrN3O/c1-13-7-8(11)9(12-13)10(15)14-5-3-2-4-6-14/h7H,2-6H2,1H3. The number of amides is 1.